The van der Waals surface area contributed by atoms with E-state index in [1.54, 1.807) is 16.8 Å². The monoisotopic (exact) mass is 472 g/mol. The van der Waals surface area contributed by atoms with Gasteiger partial charge in [-0.15, -0.1) is 0 Å². The second-order valence-corrected chi connectivity index (χ2v) is 8.57. The van der Waals surface area contributed by atoms with Gasteiger partial charge in [-0.3, -0.25) is 19.7 Å². The number of aliphatic carboxylic acids is 1. The first-order chi connectivity index (χ1) is 16.4. The average Bonchev–Trinajstić information content (AvgIpc) is 3.12. The molecule has 2 unspecified atom stereocenters. The topological polar surface area (TPSA) is 104 Å². The van der Waals surface area contributed by atoms with E-state index >= 15 is 0 Å². The number of hydrogen-bond acceptors (Lipinski definition) is 7. The van der Waals surface area contributed by atoms with Gasteiger partial charge in [0.2, 0.25) is 0 Å². The predicted octanol–water partition coefficient (Wildman–Crippen LogP) is 2.98. The number of carboxylic acids is 1. The zero-order valence-corrected chi connectivity index (χ0v) is 20.6. The number of ether oxygens (including phenoxy) is 2. The Hall–Kier alpha value is -2.94. The highest BCUT2D eigenvalue weighted by Crippen LogP contribution is 2.27. The van der Waals surface area contributed by atoms with Crippen molar-refractivity contribution in [3.63, 3.8) is 0 Å². The van der Waals surface area contributed by atoms with Crippen LogP contribution in [0.25, 0.3) is 0 Å². The van der Waals surface area contributed by atoms with E-state index in [0.29, 0.717) is 31.9 Å². The fourth-order valence-electron chi connectivity index (χ4n) is 4.39. The molecule has 0 spiro atoms. The highest BCUT2D eigenvalue weighted by atomic mass is 16.5. The Labute approximate surface area is 201 Å². The fourth-order valence-corrected chi connectivity index (χ4v) is 4.39. The number of carboxylic acid groups (broad SMARTS) is 1. The molecule has 1 aromatic rings. The molecule has 2 aliphatic rings. The first kappa shape index (κ1) is 25.7. The van der Waals surface area contributed by atoms with Crippen molar-refractivity contribution in [1.82, 2.24) is 9.91 Å². The Balaban J connectivity index is 1.61. The standard InChI is InChI=1S/C25H36N4O5/c1-5-8-19-22-23(28(4)27-19)24(30)29(21(26-22)9-6-2)14-15-34-18-12-10-17(11-13-18)16-20(25(31)32)33-7-3/h10-13,20,22-23H,5-9,14-16H2,1-4H3,(H,31,32)/t20-,22?,23?/m1/s1. The minimum absolute atomic E-state index is 0.0235. The molecular weight excluding hydrogens is 436 g/mol. The van der Waals surface area contributed by atoms with Gasteiger partial charge in [-0.25, -0.2) is 4.79 Å². The number of hydrazone groups is 1. The van der Waals surface area contributed by atoms with Crippen LogP contribution < -0.4 is 4.74 Å². The molecular formula is C25H36N4O5. The van der Waals surface area contributed by atoms with Gasteiger partial charge < -0.3 is 14.6 Å². The third-order valence-electron chi connectivity index (χ3n) is 6.00. The Bertz CT molecular complexity index is 914. The maximum atomic E-state index is 13.4. The van der Waals surface area contributed by atoms with Gasteiger partial charge in [0.15, 0.2) is 12.1 Å². The van der Waals surface area contributed by atoms with Crippen molar-refractivity contribution < 1.29 is 24.2 Å². The molecule has 3 rings (SSSR count). The van der Waals surface area contributed by atoms with Crippen LogP contribution in [0, 0.1) is 0 Å². The van der Waals surface area contributed by atoms with Crippen LogP contribution in [-0.4, -0.2) is 83.4 Å². The molecule has 9 heteroatoms. The number of likely N-dealkylation sites (N-methyl/N-ethyl adjacent to an activating group) is 1. The number of rotatable bonds is 13. The predicted molar refractivity (Wildman–Crippen MR) is 130 cm³/mol. The van der Waals surface area contributed by atoms with Crippen LogP contribution in [0.3, 0.4) is 0 Å². The smallest absolute Gasteiger partial charge is 0.333 e. The summed E-state index contributed by atoms with van der Waals surface area (Å²) in [6.45, 7) is 7.05. The number of carbonyl (C=O) groups excluding carboxylic acids is 1. The zero-order chi connectivity index (χ0) is 24.7. The van der Waals surface area contributed by atoms with E-state index in [-0.39, 0.29) is 18.0 Å². The van der Waals surface area contributed by atoms with E-state index in [0.717, 1.165) is 42.8 Å². The van der Waals surface area contributed by atoms with E-state index in [9.17, 15) is 14.7 Å². The molecule has 3 atom stereocenters. The lowest BCUT2D eigenvalue weighted by Gasteiger charge is -2.35. The number of fused-ring (bicyclic) bond motifs is 1. The lowest BCUT2D eigenvalue weighted by molar-refractivity contribution is -0.150. The van der Waals surface area contributed by atoms with E-state index in [4.69, 9.17) is 14.5 Å². The van der Waals surface area contributed by atoms with Gasteiger partial charge in [0.25, 0.3) is 5.91 Å². The molecule has 34 heavy (non-hydrogen) atoms. The van der Waals surface area contributed by atoms with Gasteiger partial charge in [-0.2, -0.15) is 5.10 Å². The normalized spacial score (nSPS) is 20.6. The van der Waals surface area contributed by atoms with Gasteiger partial charge in [-0.05, 0) is 37.5 Å². The van der Waals surface area contributed by atoms with Crippen molar-refractivity contribution in [3.05, 3.63) is 29.8 Å². The molecule has 0 saturated carbocycles. The maximum absolute atomic E-state index is 13.4. The van der Waals surface area contributed by atoms with Gasteiger partial charge in [0, 0.05) is 26.5 Å². The molecule has 1 amide bonds. The molecule has 0 aliphatic carbocycles. The number of benzene rings is 1. The summed E-state index contributed by atoms with van der Waals surface area (Å²) in [6, 6.07) is 6.73. The summed E-state index contributed by atoms with van der Waals surface area (Å²) >= 11 is 0. The van der Waals surface area contributed by atoms with Crippen molar-refractivity contribution in [2.24, 2.45) is 10.1 Å². The first-order valence-electron chi connectivity index (χ1n) is 12.1. The fraction of sp³-hybridized carbons (Fsp3) is 0.600. The van der Waals surface area contributed by atoms with Crippen molar-refractivity contribution >= 4 is 23.4 Å². The van der Waals surface area contributed by atoms with Crippen molar-refractivity contribution in [3.8, 4) is 5.75 Å². The van der Waals surface area contributed by atoms with Crippen molar-refractivity contribution in [2.45, 2.75) is 71.1 Å². The molecule has 0 fully saturated rings. The summed E-state index contributed by atoms with van der Waals surface area (Å²) in [5.74, 6) is 0.521. The number of amides is 1. The summed E-state index contributed by atoms with van der Waals surface area (Å²) in [7, 11) is 1.84. The summed E-state index contributed by atoms with van der Waals surface area (Å²) in [5, 5.41) is 15.6. The summed E-state index contributed by atoms with van der Waals surface area (Å²) < 4.78 is 11.2. The third-order valence-corrected chi connectivity index (χ3v) is 6.00. The van der Waals surface area contributed by atoms with Crippen LogP contribution in [-0.2, 0) is 20.7 Å². The molecule has 1 N–H and O–H groups in total. The summed E-state index contributed by atoms with van der Waals surface area (Å²) in [6.07, 6.45) is 2.88. The summed E-state index contributed by atoms with van der Waals surface area (Å²) in [4.78, 5) is 31.3. The minimum atomic E-state index is -0.972. The molecule has 0 aromatic heterocycles. The molecule has 9 nitrogen and oxygen atoms in total. The Morgan fingerprint density at radius 3 is 2.47 bits per heavy atom. The number of nitrogens with zero attached hydrogens (tertiary/aromatic N) is 4. The lowest BCUT2D eigenvalue weighted by atomic mass is 9.98. The molecule has 0 radical (unpaired) electrons. The summed E-state index contributed by atoms with van der Waals surface area (Å²) in [5.41, 5.74) is 1.84. The van der Waals surface area contributed by atoms with Crippen LogP contribution in [0.15, 0.2) is 34.4 Å². The van der Waals surface area contributed by atoms with Crippen LogP contribution in [0.2, 0.25) is 0 Å². The quantitative estimate of drug-likeness (QED) is 0.473. The van der Waals surface area contributed by atoms with Gasteiger partial charge in [-0.1, -0.05) is 32.4 Å². The van der Waals surface area contributed by atoms with Crippen LogP contribution in [0.1, 0.15) is 52.0 Å². The maximum Gasteiger partial charge on any atom is 0.333 e. The highest BCUT2D eigenvalue weighted by molar-refractivity contribution is 6.09. The average molecular weight is 473 g/mol. The highest BCUT2D eigenvalue weighted by Gasteiger charge is 2.46. The third kappa shape index (κ3) is 5.94. The Morgan fingerprint density at radius 2 is 1.85 bits per heavy atom. The molecule has 0 bridgehead atoms. The van der Waals surface area contributed by atoms with Crippen molar-refractivity contribution in [2.75, 3.05) is 26.8 Å². The SMILES string of the molecule is CCCC1=NN(C)C2C(=O)N(CCOc3ccc(C[C@@H](OCC)C(=O)O)cc3)C(CCC)=NC12. The number of amidine groups is 1. The molecule has 2 heterocycles. The minimum Gasteiger partial charge on any atom is -0.492 e. The molecule has 186 valence electrons. The number of hydrogen-bond donors (Lipinski definition) is 1. The number of aliphatic imine (C=N–C) groups is 1. The van der Waals surface area contributed by atoms with E-state index in [1.807, 2.05) is 31.3 Å². The Kier molecular flexibility index (Phi) is 9.04. The zero-order valence-electron chi connectivity index (χ0n) is 20.6. The molecule has 0 saturated heterocycles. The van der Waals surface area contributed by atoms with E-state index in [1.165, 1.54) is 0 Å². The van der Waals surface area contributed by atoms with Crippen LogP contribution in [0.5, 0.6) is 5.75 Å². The molecule has 2 aliphatic heterocycles. The van der Waals surface area contributed by atoms with E-state index in [2.05, 4.69) is 18.9 Å². The first-order valence-corrected chi connectivity index (χ1v) is 12.1. The molecule has 1 aromatic carbocycles. The van der Waals surface area contributed by atoms with Crippen LogP contribution in [0.4, 0.5) is 0 Å². The van der Waals surface area contributed by atoms with Gasteiger partial charge in [0.1, 0.15) is 24.2 Å². The van der Waals surface area contributed by atoms with Crippen LogP contribution >= 0.6 is 0 Å². The number of carbonyl (C=O) groups is 2. The van der Waals surface area contributed by atoms with Gasteiger partial charge >= 0.3 is 5.97 Å². The second kappa shape index (κ2) is 12.0. The largest absolute Gasteiger partial charge is 0.492 e. The van der Waals surface area contributed by atoms with Gasteiger partial charge in [0.05, 0.1) is 12.3 Å². The van der Waals surface area contributed by atoms with Crippen molar-refractivity contribution in [1.29, 1.82) is 0 Å². The lowest BCUT2D eigenvalue weighted by Crippen LogP contribution is -2.56. The second-order valence-electron chi connectivity index (χ2n) is 8.57. The van der Waals surface area contributed by atoms with E-state index < -0.39 is 12.1 Å². The Morgan fingerprint density at radius 1 is 1.15 bits per heavy atom.